The molecular weight excluding hydrogens is 320 g/mol. The highest BCUT2D eigenvalue weighted by molar-refractivity contribution is 7.89. The molecule has 2 rings (SSSR count). The summed E-state index contributed by atoms with van der Waals surface area (Å²) in [5.74, 6) is 0. The van der Waals surface area contributed by atoms with Gasteiger partial charge in [0.2, 0.25) is 10.0 Å². The van der Waals surface area contributed by atoms with E-state index in [0.717, 1.165) is 4.88 Å². The minimum absolute atomic E-state index is 0.0134. The largest absolute Gasteiger partial charge is 0.326 e. The van der Waals surface area contributed by atoms with Gasteiger partial charge in [-0.15, -0.1) is 11.3 Å². The lowest BCUT2D eigenvalue weighted by molar-refractivity contribution is 0.426. The fourth-order valence-electron chi connectivity index (χ4n) is 1.68. The molecule has 0 spiro atoms. The van der Waals surface area contributed by atoms with Gasteiger partial charge < -0.3 is 4.98 Å². The third-order valence-corrected chi connectivity index (χ3v) is 5.77. The van der Waals surface area contributed by atoms with Gasteiger partial charge in [-0.05, 0) is 17.5 Å². The molecule has 8 heteroatoms. The van der Waals surface area contributed by atoms with Crippen LogP contribution in [0, 0.1) is 0 Å². The Labute approximate surface area is 125 Å². The highest BCUT2D eigenvalue weighted by Crippen LogP contribution is 2.20. The van der Waals surface area contributed by atoms with Crippen LogP contribution in [0.3, 0.4) is 0 Å². The van der Waals surface area contributed by atoms with Crippen molar-refractivity contribution in [2.45, 2.75) is 18.4 Å². The van der Waals surface area contributed by atoms with Crippen molar-refractivity contribution in [2.24, 2.45) is 0 Å². The minimum atomic E-state index is -3.68. The van der Waals surface area contributed by atoms with Crippen molar-refractivity contribution in [2.75, 3.05) is 6.54 Å². The maximum absolute atomic E-state index is 12.5. The lowest BCUT2D eigenvalue weighted by atomic mass is 10.4. The van der Waals surface area contributed by atoms with E-state index in [1.165, 1.54) is 27.9 Å². The first kappa shape index (κ1) is 15.2. The van der Waals surface area contributed by atoms with E-state index in [-0.39, 0.29) is 9.92 Å². The minimum Gasteiger partial charge on any atom is -0.326 e. The molecule has 0 bridgehead atoms. The SMILES string of the molecule is CCN(Cc1cccs1)S(=O)(=O)c1c[nH]c(=O)c(Cl)c1. The summed E-state index contributed by atoms with van der Waals surface area (Å²) < 4.78 is 26.3. The van der Waals surface area contributed by atoms with E-state index in [9.17, 15) is 13.2 Å². The molecule has 0 aromatic carbocycles. The van der Waals surface area contributed by atoms with Crippen LogP contribution in [-0.2, 0) is 16.6 Å². The van der Waals surface area contributed by atoms with Crippen molar-refractivity contribution in [1.29, 1.82) is 0 Å². The maximum Gasteiger partial charge on any atom is 0.266 e. The highest BCUT2D eigenvalue weighted by Gasteiger charge is 2.24. The number of aromatic amines is 1. The highest BCUT2D eigenvalue weighted by atomic mass is 35.5. The molecule has 0 fully saturated rings. The van der Waals surface area contributed by atoms with Gasteiger partial charge in [0.15, 0.2) is 0 Å². The second kappa shape index (κ2) is 6.09. The number of hydrogen-bond acceptors (Lipinski definition) is 4. The standard InChI is InChI=1S/C12H13ClN2O3S2/c1-2-15(8-9-4-3-5-19-9)20(17,18)10-6-11(13)12(16)14-7-10/h3-7H,2,8H2,1H3,(H,14,16). The third kappa shape index (κ3) is 3.12. The van der Waals surface area contributed by atoms with E-state index in [4.69, 9.17) is 11.6 Å². The number of aromatic nitrogens is 1. The van der Waals surface area contributed by atoms with Crippen molar-refractivity contribution in [3.8, 4) is 0 Å². The van der Waals surface area contributed by atoms with Crippen molar-refractivity contribution in [3.05, 3.63) is 50.0 Å². The quantitative estimate of drug-likeness (QED) is 0.913. The zero-order valence-electron chi connectivity index (χ0n) is 10.7. The van der Waals surface area contributed by atoms with Crippen molar-refractivity contribution >= 4 is 33.0 Å². The molecule has 0 amide bonds. The van der Waals surface area contributed by atoms with Gasteiger partial charge in [-0.25, -0.2) is 8.42 Å². The van der Waals surface area contributed by atoms with Crippen molar-refractivity contribution < 1.29 is 8.42 Å². The van der Waals surface area contributed by atoms with Crippen molar-refractivity contribution in [3.63, 3.8) is 0 Å². The Kier molecular flexibility index (Phi) is 4.64. The Bertz CT molecular complexity index is 738. The summed E-state index contributed by atoms with van der Waals surface area (Å²) in [7, 11) is -3.68. The molecule has 20 heavy (non-hydrogen) atoms. The summed E-state index contributed by atoms with van der Waals surface area (Å²) in [5, 5.41) is 1.75. The molecule has 0 aliphatic carbocycles. The topological polar surface area (TPSA) is 70.2 Å². The summed E-state index contributed by atoms with van der Waals surface area (Å²) in [6, 6.07) is 4.92. The molecule has 0 radical (unpaired) electrons. The number of rotatable bonds is 5. The number of nitrogens with one attached hydrogen (secondary N) is 1. The molecule has 2 aromatic rings. The summed E-state index contributed by atoms with van der Waals surface area (Å²) >= 11 is 7.18. The maximum atomic E-state index is 12.5. The van der Waals surface area contributed by atoms with Crippen LogP contribution in [0.1, 0.15) is 11.8 Å². The number of nitrogens with zero attached hydrogens (tertiary/aromatic N) is 1. The van der Waals surface area contributed by atoms with Crippen LogP contribution in [0.2, 0.25) is 5.02 Å². The molecule has 0 atom stereocenters. The van der Waals surface area contributed by atoms with Crippen LogP contribution in [0.15, 0.2) is 39.5 Å². The average molecular weight is 333 g/mol. The van der Waals surface area contributed by atoms with Gasteiger partial charge in [0.1, 0.15) is 5.02 Å². The molecule has 0 aliphatic rings. The summed E-state index contributed by atoms with van der Waals surface area (Å²) in [5.41, 5.74) is -0.507. The Morgan fingerprint density at radius 1 is 1.45 bits per heavy atom. The van der Waals surface area contributed by atoms with Gasteiger partial charge >= 0.3 is 0 Å². The smallest absolute Gasteiger partial charge is 0.266 e. The summed E-state index contributed by atoms with van der Waals surface area (Å²) in [6.45, 7) is 2.39. The Morgan fingerprint density at radius 3 is 2.75 bits per heavy atom. The molecule has 0 saturated heterocycles. The first-order valence-electron chi connectivity index (χ1n) is 5.86. The van der Waals surface area contributed by atoms with Gasteiger partial charge in [-0.1, -0.05) is 24.6 Å². The second-order valence-electron chi connectivity index (χ2n) is 4.02. The number of pyridine rings is 1. The lowest BCUT2D eigenvalue weighted by Crippen LogP contribution is -2.30. The van der Waals surface area contributed by atoms with Crippen LogP contribution < -0.4 is 5.56 Å². The zero-order chi connectivity index (χ0) is 14.8. The van der Waals surface area contributed by atoms with Crippen molar-refractivity contribution in [1.82, 2.24) is 9.29 Å². The Hall–Kier alpha value is -1.15. The van der Waals surface area contributed by atoms with E-state index >= 15 is 0 Å². The van der Waals surface area contributed by atoms with Crippen LogP contribution in [0.4, 0.5) is 0 Å². The number of hydrogen-bond donors (Lipinski definition) is 1. The monoisotopic (exact) mass is 332 g/mol. The predicted octanol–water partition coefficient (Wildman–Crippen LogP) is 2.30. The normalized spacial score (nSPS) is 11.9. The average Bonchev–Trinajstić information content (AvgIpc) is 2.91. The first-order valence-corrected chi connectivity index (χ1v) is 8.55. The summed E-state index contributed by atoms with van der Waals surface area (Å²) in [4.78, 5) is 14.5. The van der Waals surface area contributed by atoms with E-state index in [1.54, 1.807) is 6.92 Å². The molecule has 2 aromatic heterocycles. The van der Waals surface area contributed by atoms with E-state index in [1.807, 2.05) is 17.5 Å². The molecule has 0 aliphatic heterocycles. The number of thiophene rings is 1. The van der Waals surface area contributed by atoms with Gasteiger partial charge in [-0.2, -0.15) is 4.31 Å². The molecule has 0 saturated carbocycles. The van der Waals surface area contributed by atoms with E-state index < -0.39 is 15.6 Å². The second-order valence-corrected chi connectivity index (χ2v) is 7.40. The Morgan fingerprint density at radius 2 is 2.20 bits per heavy atom. The van der Waals surface area contributed by atoms with Gasteiger partial charge in [0.25, 0.3) is 5.56 Å². The van der Waals surface area contributed by atoms with Gasteiger partial charge in [-0.3, -0.25) is 4.79 Å². The van der Waals surface area contributed by atoms with Gasteiger partial charge in [0.05, 0.1) is 4.90 Å². The molecule has 1 N–H and O–H groups in total. The van der Waals surface area contributed by atoms with Crippen LogP contribution >= 0.6 is 22.9 Å². The van der Waals surface area contributed by atoms with E-state index in [0.29, 0.717) is 13.1 Å². The predicted molar refractivity (Wildman–Crippen MR) is 79.7 cm³/mol. The van der Waals surface area contributed by atoms with E-state index in [2.05, 4.69) is 4.98 Å². The fourth-order valence-corrected chi connectivity index (χ4v) is 4.14. The number of halogens is 1. The third-order valence-electron chi connectivity index (χ3n) is 2.73. The van der Waals surface area contributed by atoms with Crippen LogP contribution in [0.25, 0.3) is 0 Å². The fraction of sp³-hybridized carbons (Fsp3) is 0.250. The lowest BCUT2D eigenvalue weighted by Gasteiger charge is -2.19. The summed E-state index contributed by atoms with van der Waals surface area (Å²) in [6.07, 6.45) is 1.17. The molecule has 0 unspecified atom stereocenters. The van der Waals surface area contributed by atoms with Gasteiger partial charge in [0, 0.05) is 24.2 Å². The number of sulfonamides is 1. The molecule has 2 heterocycles. The Balaban J connectivity index is 2.36. The molecule has 5 nitrogen and oxygen atoms in total. The molecular formula is C12H13ClN2O3S2. The first-order chi connectivity index (χ1) is 9.45. The van der Waals surface area contributed by atoms with Crippen LogP contribution in [0.5, 0.6) is 0 Å². The zero-order valence-corrected chi connectivity index (χ0v) is 13.1. The molecule has 108 valence electrons. The number of H-pyrrole nitrogens is 1. The van der Waals surface area contributed by atoms with Crippen LogP contribution in [-0.4, -0.2) is 24.3 Å².